The fourth-order valence-electron chi connectivity index (χ4n) is 2.96. The van der Waals surface area contributed by atoms with Crippen LogP contribution in [-0.4, -0.2) is 16.5 Å². The molecule has 1 N–H and O–H groups in total. The van der Waals surface area contributed by atoms with Gasteiger partial charge in [-0.05, 0) is 37.2 Å². The lowest BCUT2D eigenvalue weighted by Crippen LogP contribution is -2.25. The molecular weight excluding hydrogens is 294 g/mol. The monoisotopic (exact) mass is 325 g/mol. The maximum absolute atomic E-state index is 4.51. The minimum Gasteiger partial charge on any atom is -0.304 e. The molecule has 0 radical (unpaired) electrons. The molecule has 2 aromatic heterocycles. The van der Waals surface area contributed by atoms with Crippen molar-refractivity contribution >= 4 is 0 Å². The van der Waals surface area contributed by atoms with Gasteiger partial charge in [0.25, 0.3) is 0 Å². The second-order valence-corrected chi connectivity index (χ2v) is 6.37. The first-order chi connectivity index (χ1) is 11.9. The van der Waals surface area contributed by atoms with Gasteiger partial charge in [0, 0.05) is 12.4 Å². The van der Waals surface area contributed by atoms with Crippen LogP contribution in [-0.2, 0) is 0 Å². The number of hydrogen-bond acceptors (Lipinski definition) is 3. The van der Waals surface area contributed by atoms with E-state index >= 15 is 0 Å². The highest BCUT2D eigenvalue weighted by Crippen LogP contribution is 2.18. The van der Waals surface area contributed by atoms with E-state index in [1.807, 2.05) is 36.7 Å². The highest BCUT2D eigenvalue weighted by molar-refractivity contribution is 5.21. The van der Waals surface area contributed by atoms with Gasteiger partial charge in [0.2, 0.25) is 0 Å². The predicted octanol–water partition coefficient (Wildman–Crippen LogP) is 5.30. The summed E-state index contributed by atoms with van der Waals surface area (Å²) in [6.07, 6.45) is 14.4. The van der Waals surface area contributed by atoms with Crippen LogP contribution in [0.3, 0.4) is 0 Å². The number of unbranched alkanes of at least 4 members (excludes halogenated alkanes) is 7. The van der Waals surface area contributed by atoms with E-state index in [0.29, 0.717) is 0 Å². The number of nitrogens with one attached hydrogen (secondary N) is 1. The van der Waals surface area contributed by atoms with Crippen molar-refractivity contribution in [3.8, 4) is 0 Å². The first-order valence-corrected chi connectivity index (χ1v) is 9.47. The third-order valence-electron chi connectivity index (χ3n) is 4.35. The molecule has 3 heteroatoms. The van der Waals surface area contributed by atoms with Crippen molar-refractivity contribution in [1.29, 1.82) is 0 Å². The van der Waals surface area contributed by atoms with Crippen LogP contribution >= 0.6 is 0 Å². The van der Waals surface area contributed by atoms with E-state index in [2.05, 4.69) is 34.3 Å². The standard InChI is InChI=1S/C21H31N3/c1-2-3-4-5-6-7-8-11-18-24-21(19-14-9-12-16-22-19)20-15-10-13-17-23-20/h9-10,12-17,21,24H,2-8,11,18H2,1H3. The molecule has 0 saturated heterocycles. The minimum absolute atomic E-state index is 0.0805. The topological polar surface area (TPSA) is 37.8 Å². The van der Waals surface area contributed by atoms with Crippen LogP contribution in [0.5, 0.6) is 0 Å². The van der Waals surface area contributed by atoms with Gasteiger partial charge in [-0.1, -0.05) is 64.0 Å². The summed E-state index contributed by atoms with van der Waals surface area (Å²) in [5, 5.41) is 3.64. The van der Waals surface area contributed by atoms with Gasteiger partial charge in [-0.15, -0.1) is 0 Å². The molecule has 0 aliphatic carbocycles. The minimum atomic E-state index is 0.0805. The molecule has 0 fully saturated rings. The molecular formula is C21H31N3. The normalized spacial score (nSPS) is 11.1. The average Bonchev–Trinajstić information content (AvgIpc) is 2.65. The molecule has 2 rings (SSSR count). The Balaban J connectivity index is 1.74. The van der Waals surface area contributed by atoms with Gasteiger partial charge in [-0.3, -0.25) is 9.97 Å². The third-order valence-corrected chi connectivity index (χ3v) is 4.35. The molecule has 2 heterocycles. The van der Waals surface area contributed by atoms with E-state index in [1.165, 1.54) is 51.4 Å². The Bertz CT molecular complexity index is 488. The molecule has 24 heavy (non-hydrogen) atoms. The van der Waals surface area contributed by atoms with Gasteiger partial charge in [0.15, 0.2) is 0 Å². The summed E-state index contributed by atoms with van der Waals surface area (Å²) in [5.74, 6) is 0. The van der Waals surface area contributed by atoms with Crippen LogP contribution in [0.1, 0.15) is 75.7 Å². The third kappa shape index (κ3) is 6.79. The maximum atomic E-state index is 4.51. The van der Waals surface area contributed by atoms with Gasteiger partial charge < -0.3 is 5.32 Å². The first kappa shape index (κ1) is 18.6. The van der Waals surface area contributed by atoms with Gasteiger partial charge in [-0.2, -0.15) is 0 Å². The summed E-state index contributed by atoms with van der Waals surface area (Å²) in [4.78, 5) is 9.02. The Kier molecular flexibility index (Phi) is 9.10. The lowest BCUT2D eigenvalue weighted by Gasteiger charge is -2.17. The Morgan fingerprint density at radius 3 is 1.79 bits per heavy atom. The predicted molar refractivity (Wildman–Crippen MR) is 101 cm³/mol. The Morgan fingerprint density at radius 2 is 1.29 bits per heavy atom. The largest absolute Gasteiger partial charge is 0.304 e. The molecule has 0 atom stereocenters. The summed E-state index contributed by atoms with van der Waals surface area (Å²) in [7, 11) is 0. The van der Waals surface area contributed by atoms with Crippen LogP contribution in [0.25, 0.3) is 0 Å². The lowest BCUT2D eigenvalue weighted by atomic mass is 10.1. The summed E-state index contributed by atoms with van der Waals surface area (Å²) in [5.41, 5.74) is 2.08. The molecule has 0 unspecified atom stereocenters. The van der Waals surface area contributed by atoms with Crippen molar-refractivity contribution < 1.29 is 0 Å². The fourth-order valence-corrected chi connectivity index (χ4v) is 2.96. The molecule has 3 nitrogen and oxygen atoms in total. The van der Waals surface area contributed by atoms with Gasteiger partial charge in [0.05, 0.1) is 17.4 Å². The Hall–Kier alpha value is -1.74. The van der Waals surface area contributed by atoms with Crippen molar-refractivity contribution in [2.75, 3.05) is 6.54 Å². The van der Waals surface area contributed by atoms with E-state index in [1.54, 1.807) is 0 Å². The van der Waals surface area contributed by atoms with Gasteiger partial charge in [0.1, 0.15) is 0 Å². The number of pyridine rings is 2. The first-order valence-electron chi connectivity index (χ1n) is 9.47. The van der Waals surface area contributed by atoms with Crippen molar-refractivity contribution in [2.45, 2.75) is 64.3 Å². The van der Waals surface area contributed by atoms with E-state index in [0.717, 1.165) is 17.9 Å². The zero-order valence-corrected chi connectivity index (χ0v) is 15.0. The highest BCUT2D eigenvalue weighted by atomic mass is 15.0. The van der Waals surface area contributed by atoms with E-state index < -0.39 is 0 Å². The molecule has 0 aliphatic rings. The second-order valence-electron chi connectivity index (χ2n) is 6.37. The van der Waals surface area contributed by atoms with Crippen LogP contribution in [0, 0.1) is 0 Å². The SMILES string of the molecule is CCCCCCCCCCNC(c1ccccn1)c1ccccn1. The Morgan fingerprint density at radius 1 is 0.750 bits per heavy atom. The van der Waals surface area contributed by atoms with Crippen molar-refractivity contribution in [2.24, 2.45) is 0 Å². The van der Waals surface area contributed by atoms with E-state index in [9.17, 15) is 0 Å². The maximum Gasteiger partial charge on any atom is 0.0925 e. The summed E-state index contributed by atoms with van der Waals surface area (Å²) < 4.78 is 0. The number of nitrogens with zero attached hydrogens (tertiary/aromatic N) is 2. The molecule has 2 aromatic rings. The number of hydrogen-bond donors (Lipinski definition) is 1. The number of rotatable bonds is 12. The smallest absolute Gasteiger partial charge is 0.0925 e. The van der Waals surface area contributed by atoms with Crippen LogP contribution in [0.15, 0.2) is 48.8 Å². The molecule has 0 aromatic carbocycles. The van der Waals surface area contributed by atoms with Crippen LogP contribution in [0.4, 0.5) is 0 Å². The highest BCUT2D eigenvalue weighted by Gasteiger charge is 2.15. The van der Waals surface area contributed by atoms with Crippen molar-refractivity contribution in [3.63, 3.8) is 0 Å². The zero-order valence-electron chi connectivity index (χ0n) is 15.0. The molecule has 0 aliphatic heterocycles. The molecule has 0 bridgehead atoms. The van der Waals surface area contributed by atoms with Crippen LogP contribution < -0.4 is 5.32 Å². The summed E-state index contributed by atoms with van der Waals surface area (Å²) in [6, 6.07) is 12.2. The lowest BCUT2D eigenvalue weighted by molar-refractivity contribution is 0.524. The second kappa shape index (κ2) is 11.7. The van der Waals surface area contributed by atoms with Crippen LogP contribution in [0.2, 0.25) is 0 Å². The summed E-state index contributed by atoms with van der Waals surface area (Å²) in [6.45, 7) is 3.28. The van der Waals surface area contributed by atoms with E-state index in [4.69, 9.17) is 0 Å². The molecule has 130 valence electrons. The van der Waals surface area contributed by atoms with Crippen molar-refractivity contribution in [3.05, 3.63) is 60.2 Å². The van der Waals surface area contributed by atoms with Gasteiger partial charge in [-0.25, -0.2) is 0 Å². The average molecular weight is 326 g/mol. The Labute approximate surface area is 146 Å². The van der Waals surface area contributed by atoms with Crippen molar-refractivity contribution in [1.82, 2.24) is 15.3 Å². The fraction of sp³-hybridized carbons (Fsp3) is 0.524. The zero-order chi connectivity index (χ0) is 16.9. The molecule has 0 saturated carbocycles. The summed E-state index contributed by atoms with van der Waals surface area (Å²) >= 11 is 0. The quantitative estimate of drug-likeness (QED) is 0.538. The molecule has 0 spiro atoms. The van der Waals surface area contributed by atoms with E-state index in [-0.39, 0.29) is 6.04 Å². The van der Waals surface area contributed by atoms with Gasteiger partial charge >= 0.3 is 0 Å². The molecule has 0 amide bonds. The number of aromatic nitrogens is 2.